The third-order valence-corrected chi connectivity index (χ3v) is 7.42. The number of aliphatic carboxylic acids is 2. The molecular weight excluding hydrogens is 635 g/mol. The second-order valence-electron chi connectivity index (χ2n) is 10.6. The number of ether oxygens (including phenoxy) is 2. The fraction of sp³-hybridized carbons (Fsp3) is 0.171. The molecule has 0 spiro atoms. The number of hydrogen-bond donors (Lipinski definition) is 2. The van der Waals surface area contributed by atoms with E-state index in [-0.39, 0.29) is 28.1 Å². The van der Waals surface area contributed by atoms with Gasteiger partial charge in [0.25, 0.3) is 5.91 Å². The number of carboxylic acid groups (broad SMARTS) is 2. The summed E-state index contributed by atoms with van der Waals surface area (Å²) in [5, 5.41) is 19.6. The van der Waals surface area contributed by atoms with Crippen molar-refractivity contribution in [3.8, 4) is 16.9 Å². The van der Waals surface area contributed by atoms with Gasteiger partial charge in [-0.2, -0.15) is 13.2 Å². The molecule has 0 aliphatic heterocycles. The van der Waals surface area contributed by atoms with Gasteiger partial charge in [0.15, 0.2) is 5.75 Å². The van der Waals surface area contributed by atoms with Gasteiger partial charge >= 0.3 is 30.1 Å². The van der Waals surface area contributed by atoms with Crippen LogP contribution < -0.4 is 9.64 Å². The van der Waals surface area contributed by atoms with Crippen molar-refractivity contribution in [2.75, 3.05) is 18.6 Å². The first-order chi connectivity index (χ1) is 22.6. The van der Waals surface area contributed by atoms with Crippen molar-refractivity contribution in [2.45, 2.75) is 24.9 Å². The maximum Gasteiger partial charge on any atom is 0.416 e. The van der Waals surface area contributed by atoms with Gasteiger partial charge in [-0.1, -0.05) is 66.7 Å². The first-order valence-corrected chi connectivity index (χ1v) is 14.2. The summed E-state index contributed by atoms with van der Waals surface area (Å²) >= 11 is 0. The minimum atomic E-state index is -4.53. The van der Waals surface area contributed by atoms with Crippen molar-refractivity contribution >= 4 is 35.5 Å². The summed E-state index contributed by atoms with van der Waals surface area (Å²) in [6.07, 6.45) is -5.01. The van der Waals surface area contributed by atoms with E-state index < -0.39 is 60.0 Å². The molecule has 4 rings (SSSR count). The predicted octanol–water partition coefficient (Wildman–Crippen LogP) is 5.77. The van der Waals surface area contributed by atoms with Gasteiger partial charge in [-0.05, 0) is 52.6 Å². The van der Waals surface area contributed by atoms with Crippen LogP contribution in [0.4, 0.5) is 18.9 Å². The monoisotopic (exact) mass is 663 g/mol. The molecule has 48 heavy (non-hydrogen) atoms. The van der Waals surface area contributed by atoms with Crippen LogP contribution in [0.2, 0.25) is 0 Å². The highest BCUT2D eigenvalue weighted by atomic mass is 19.4. The molecule has 0 aliphatic carbocycles. The van der Waals surface area contributed by atoms with Gasteiger partial charge in [-0.25, -0.2) is 0 Å². The molecule has 0 saturated carbocycles. The number of esters is 2. The Kier molecular flexibility index (Phi) is 10.3. The Hall–Kier alpha value is -5.98. The Bertz CT molecular complexity index is 1840. The second kappa shape index (κ2) is 14.2. The number of carbonyl (C=O) groups excluding carboxylic acids is 3. The zero-order valence-electron chi connectivity index (χ0n) is 25.5. The molecule has 10 nitrogen and oxygen atoms in total. The topological polar surface area (TPSA) is 148 Å². The van der Waals surface area contributed by atoms with E-state index in [9.17, 15) is 47.4 Å². The maximum atomic E-state index is 13.7. The van der Waals surface area contributed by atoms with Crippen molar-refractivity contribution in [2.24, 2.45) is 0 Å². The summed E-state index contributed by atoms with van der Waals surface area (Å²) in [6.45, 7) is 0.110. The van der Waals surface area contributed by atoms with Crippen LogP contribution >= 0.6 is 0 Å². The zero-order valence-corrected chi connectivity index (χ0v) is 25.5. The largest absolute Gasteiger partial charge is 0.480 e. The Morgan fingerprint density at radius 3 is 1.96 bits per heavy atom. The summed E-state index contributed by atoms with van der Waals surface area (Å²) in [4.78, 5) is 63.8. The van der Waals surface area contributed by atoms with E-state index in [0.29, 0.717) is 11.1 Å². The molecule has 1 amide bonds. The number of amides is 1. The van der Waals surface area contributed by atoms with Crippen LogP contribution in [0.15, 0.2) is 97.1 Å². The molecule has 0 heterocycles. The van der Waals surface area contributed by atoms with Gasteiger partial charge in [0, 0.05) is 19.5 Å². The highest BCUT2D eigenvalue weighted by Gasteiger charge is 2.50. The first-order valence-electron chi connectivity index (χ1n) is 14.2. The van der Waals surface area contributed by atoms with E-state index in [1.54, 1.807) is 24.3 Å². The summed E-state index contributed by atoms with van der Waals surface area (Å²) in [6, 6.07) is 21.8. The molecule has 0 radical (unpaired) electrons. The van der Waals surface area contributed by atoms with Gasteiger partial charge in [0.1, 0.15) is 6.61 Å². The lowest BCUT2D eigenvalue weighted by atomic mass is 9.81. The Morgan fingerprint density at radius 1 is 0.771 bits per heavy atom. The number of hydrogen-bond acceptors (Lipinski definition) is 7. The van der Waals surface area contributed by atoms with Gasteiger partial charge in [-0.15, -0.1) is 0 Å². The van der Waals surface area contributed by atoms with Crippen LogP contribution in [0.5, 0.6) is 5.75 Å². The number of halogens is 3. The number of anilines is 1. The average molecular weight is 664 g/mol. The van der Waals surface area contributed by atoms with Crippen LogP contribution in [0, 0.1) is 0 Å². The number of rotatable bonds is 11. The van der Waals surface area contributed by atoms with Crippen molar-refractivity contribution in [1.29, 1.82) is 0 Å². The number of carbonyl (C=O) groups is 5. The van der Waals surface area contributed by atoms with E-state index in [0.717, 1.165) is 24.0 Å². The Balaban J connectivity index is 1.58. The molecular formula is C35H28F3NO9. The van der Waals surface area contributed by atoms with Crippen LogP contribution in [-0.4, -0.2) is 53.7 Å². The first kappa shape index (κ1) is 34.9. The lowest BCUT2D eigenvalue weighted by molar-refractivity contribution is -0.164. The van der Waals surface area contributed by atoms with Crippen LogP contribution in [-0.2, 0) is 41.9 Å². The number of benzene rings is 4. The normalized spacial score (nSPS) is 11.4. The molecule has 0 saturated heterocycles. The molecule has 2 N–H and O–H groups in total. The highest BCUT2D eigenvalue weighted by molar-refractivity contribution is 6.10. The Labute approximate surface area is 271 Å². The fourth-order valence-corrected chi connectivity index (χ4v) is 4.91. The van der Waals surface area contributed by atoms with Crippen molar-refractivity contribution in [3.63, 3.8) is 0 Å². The summed E-state index contributed by atoms with van der Waals surface area (Å²) in [5.74, 6) is -5.91. The summed E-state index contributed by atoms with van der Waals surface area (Å²) in [7, 11) is 1.39. The third kappa shape index (κ3) is 7.52. The van der Waals surface area contributed by atoms with Crippen molar-refractivity contribution in [1.82, 2.24) is 0 Å². The third-order valence-electron chi connectivity index (χ3n) is 7.42. The molecule has 13 heteroatoms. The molecule has 4 aromatic rings. The van der Waals surface area contributed by atoms with E-state index in [1.165, 1.54) is 67.7 Å². The smallest absolute Gasteiger partial charge is 0.416 e. The summed E-state index contributed by atoms with van der Waals surface area (Å²) < 4.78 is 49.7. The van der Waals surface area contributed by atoms with Gasteiger partial charge < -0.3 is 24.6 Å². The summed E-state index contributed by atoms with van der Waals surface area (Å²) in [5.41, 5.74) is -2.34. The quantitative estimate of drug-likeness (QED) is 0.116. The van der Waals surface area contributed by atoms with E-state index in [4.69, 9.17) is 9.47 Å². The van der Waals surface area contributed by atoms with Gasteiger partial charge in [0.05, 0.1) is 17.7 Å². The zero-order chi connectivity index (χ0) is 35.2. The Morgan fingerprint density at radius 2 is 1.38 bits per heavy atom. The lowest BCUT2D eigenvalue weighted by Crippen LogP contribution is -2.48. The SMILES string of the molecule is CC(=O)Oc1cc(CC(=O)OCC(C(=O)O)(C(=O)O)c2ccccc2)ccc1N(C)C(=O)c1ccccc1-c1ccc(C(F)(F)F)cc1. The van der Waals surface area contributed by atoms with E-state index in [1.807, 2.05) is 0 Å². The highest BCUT2D eigenvalue weighted by Crippen LogP contribution is 2.35. The number of nitrogens with zero attached hydrogens (tertiary/aromatic N) is 1. The van der Waals surface area contributed by atoms with Crippen LogP contribution in [0.3, 0.4) is 0 Å². The molecule has 0 aliphatic rings. The lowest BCUT2D eigenvalue weighted by Gasteiger charge is -2.25. The molecule has 0 atom stereocenters. The molecule has 0 fully saturated rings. The molecule has 4 aromatic carbocycles. The predicted molar refractivity (Wildman–Crippen MR) is 165 cm³/mol. The van der Waals surface area contributed by atoms with Crippen LogP contribution in [0.1, 0.15) is 34.0 Å². The standard InChI is InChI=1S/C35H28F3NO9/c1-21(40)48-29-18-22(19-30(41)47-20-34(32(43)44,33(45)46)24-8-4-3-5-9-24)12-17-28(29)39(2)31(42)27-11-7-6-10-26(27)23-13-15-25(16-14-23)35(36,37)38/h3-18H,19-20H2,1-2H3,(H,43,44)(H,45,46). The van der Waals surface area contributed by atoms with Crippen LogP contribution in [0.25, 0.3) is 11.1 Å². The molecule has 0 bridgehead atoms. The van der Waals surface area contributed by atoms with E-state index in [2.05, 4.69) is 0 Å². The molecule has 0 unspecified atom stereocenters. The maximum absolute atomic E-state index is 13.7. The fourth-order valence-electron chi connectivity index (χ4n) is 4.91. The minimum Gasteiger partial charge on any atom is -0.480 e. The number of alkyl halides is 3. The van der Waals surface area contributed by atoms with Crippen molar-refractivity contribution < 1.29 is 56.8 Å². The molecule has 0 aromatic heterocycles. The average Bonchev–Trinajstić information content (AvgIpc) is 3.04. The number of carboxylic acids is 2. The second-order valence-corrected chi connectivity index (χ2v) is 10.6. The van der Waals surface area contributed by atoms with Gasteiger partial charge in [0.2, 0.25) is 5.41 Å². The minimum absolute atomic E-state index is 0.105. The van der Waals surface area contributed by atoms with E-state index >= 15 is 0 Å². The van der Waals surface area contributed by atoms with Crippen molar-refractivity contribution in [3.05, 3.63) is 119 Å². The van der Waals surface area contributed by atoms with Gasteiger partial charge in [-0.3, -0.25) is 24.0 Å². The molecule has 248 valence electrons.